The second-order valence-electron chi connectivity index (χ2n) is 2.81. The van der Waals surface area contributed by atoms with Crippen LogP contribution >= 0.6 is 32.4 Å². The molecule has 0 heterocycles. The Labute approximate surface area is 95.5 Å². The lowest BCUT2D eigenvalue weighted by molar-refractivity contribution is 0.387. The van der Waals surface area contributed by atoms with Crippen LogP contribution in [0.4, 0.5) is 0 Å². The topological polar surface area (TPSA) is 57.5 Å². The Morgan fingerprint density at radius 1 is 1.07 bits per heavy atom. The van der Waals surface area contributed by atoms with Gasteiger partial charge < -0.3 is 9.79 Å². The molecule has 0 fully saturated rings. The van der Waals surface area contributed by atoms with Crippen molar-refractivity contribution >= 4 is 37.7 Å². The lowest BCUT2D eigenvalue weighted by Crippen LogP contribution is -2.04. The van der Waals surface area contributed by atoms with Gasteiger partial charge in [0.25, 0.3) is 0 Å². The Hall–Kier alpha value is -0.0500. The molecule has 0 atom stereocenters. The third kappa shape index (κ3) is 3.99. The van der Waals surface area contributed by atoms with Crippen LogP contribution in [-0.2, 0) is 4.57 Å². The maximum Gasteiger partial charge on any atom is 0.356 e. The number of halogens is 2. The van der Waals surface area contributed by atoms with Crippen LogP contribution in [0.3, 0.4) is 0 Å². The van der Waals surface area contributed by atoms with E-state index in [0.717, 1.165) is 11.1 Å². The molecule has 0 aliphatic carbocycles. The summed E-state index contributed by atoms with van der Waals surface area (Å²) in [7, 11) is -4.06. The summed E-state index contributed by atoms with van der Waals surface area (Å²) in [4.78, 5) is 17.6. The van der Waals surface area contributed by atoms with Gasteiger partial charge in [0.05, 0.1) is 5.30 Å². The molecule has 0 bridgehead atoms. The molecule has 0 saturated carbocycles. The van der Waals surface area contributed by atoms with E-state index in [9.17, 15) is 4.57 Å². The van der Waals surface area contributed by atoms with Crippen molar-refractivity contribution in [1.82, 2.24) is 0 Å². The molecular formula is C8H13Cl2O3P. The SMILES string of the molecule is Cc1ccc(P(=O)(O)O)cc1C.Cl.Cl. The van der Waals surface area contributed by atoms with E-state index in [1.54, 1.807) is 6.07 Å². The summed E-state index contributed by atoms with van der Waals surface area (Å²) in [6.45, 7) is 3.73. The van der Waals surface area contributed by atoms with Crippen molar-refractivity contribution in [2.75, 3.05) is 0 Å². The molecular weight excluding hydrogens is 246 g/mol. The molecule has 0 aromatic heterocycles. The van der Waals surface area contributed by atoms with Crippen LogP contribution in [0.2, 0.25) is 0 Å². The van der Waals surface area contributed by atoms with Crippen molar-refractivity contribution in [3.8, 4) is 0 Å². The normalized spacial score (nSPS) is 10.0. The third-order valence-electron chi connectivity index (χ3n) is 1.83. The molecule has 2 N–H and O–H groups in total. The molecule has 1 rings (SSSR count). The maximum absolute atomic E-state index is 10.8. The van der Waals surface area contributed by atoms with E-state index in [0.29, 0.717) is 0 Å². The zero-order chi connectivity index (χ0) is 9.35. The van der Waals surface area contributed by atoms with Crippen LogP contribution in [0.25, 0.3) is 0 Å². The van der Waals surface area contributed by atoms with Crippen LogP contribution in [0.1, 0.15) is 11.1 Å². The van der Waals surface area contributed by atoms with Gasteiger partial charge in [-0.15, -0.1) is 24.8 Å². The van der Waals surface area contributed by atoms with Gasteiger partial charge in [-0.2, -0.15) is 0 Å². The van der Waals surface area contributed by atoms with Crippen molar-refractivity contribution in [1.29, 1.82) is 0 Å². The van der Waals surface area contributed by atoms with Crippen LogP contribution in [0.15, 0.2) is 18.2 Å². The average molecular weight is 259 g/mol. The maximum atomic E-state index is 10.8. The van der Waals surface area contributed by atoms with E-state index in [4.69, 9.17) is 9.79 Å². The molecule has 0 aliphatic heterocycles. The van der Waals surface area contributed by atoms with Gasteiger partial charge in [0.1, 0.15) is 0 Å². The van der Waals surface area contributed by atoms with E-state index in [-0.39, 0.29) is 30.1 Å². The van der Waals surface area contributed by atoms with Crippen molar-refractivity contribution in [2.24, 2.45) is 0 Å². The molecule has 0 aliphatic rings. The highest BCUT2D eigenvalue weighted by Gasteiger charge is 2.16. The summed E-state index contributed by atoms with van der Waals surface area (Å²) in [5, 5.41) is 0.0885. The van der Waals surface area contributed by atoms with Crippen molar-refractivity contribution in [3.63, 3.8) is 0 Å². The first-order valence-electron chi connectivity index (χ1n) is 3.54. The number of aryl methyl sites for hydroxylation is 2. The lowest BCUT2D eigenvalue weighted by Gasteiger charge is -2.05. The Morgan fingerprint density at radius 2 is 1.57 bits per heavy atom. The Balaban J connectivity index is 0. The van der Waals surface area contributed by atoms with Gasteiger partial charge in [0.15, 0.2) is 0 Å². The Morgan fingerprint density at radius 3 is 1.93 bits per heavy atom. The number of benzene rings is 1. The summed E-state index contributed by atoms with van der Waals surface area (Å²) in [6.07, 6.45) is 0. The summed E-state index contributed by atoms with van der Waals surface area (Å²) >= 11 is 0. The first-order valence-corrected chi connectivity index (χ1v) is 5.16. The van der Waals surface area contributed by atoms with Gasteiger partial charge in [-0.25, -0.2) is 0 Å². The average Bonchev–Trinajstić information content (AvgIpc) is 1.92. The summed E-state index contributed by atoms with van der Waals surface area (Å²) < 4.78 is 10.8. The molecule has 6 heteroatoms. The van der Waals surface area contributed by atoms with E-state index in [2.05, 4.69) is 0 Å². The van der Waals surface area contributed by atoms with Crippen LogP contribution in [0.5, 0.6) is 0 Å². The molecule has 0 radical (unpaired) electrons. The first kappa shape index (κ1) is 16.4. The fourth-order valence-corrected chi connectivity index (χ4v) is 1.54. The van der Waals surface area contributed by atoms with E-state index in [1.807, 2.05) is 13.8 Å². The predicted molar refractivity (Wildman–Crippen MR) is 62.1 cm³/mol. The lowest BCUT2D eigenvalue weighted by atomic mass is 10.1. The molecule has 3 nitrogen and oxygen atoms in total. The van der Waals surface area contributed by atoms with Gasteiger partial charge in [-0.05, 0) is 37.1 Å². The highest BCUT2D eigenvalue weighted by Crippen LogP contribution is 2.33. The van der Waals surface area contributed by atoms with E-state index >= 15 is 0 Å². The third-order valence-corrected chi connectivity index (χ3v) is 2.78. The number of rotatable bonds is 1. The Kier molecular flexibility index (Phi) is 6.72. The fraction of sp³-hybridized carbons (Fsp3) is 0.250. The molecule has 0 spiro atoms. The van der Waals surface area contributed by atoms with Crippen LogP contribution < -0.4 is 5.30 Å². The molecule has 82 valence electrons. The number of hydrogen-bond donors (Lipinski definition) is 2. The van der Waals surface area contributed by atoms with Gasteiger partial charge in [-0.3, -0.25) is 4.57 Å². The van der Waals surface area contributed by atoms with Gasteiger partial charge in [0, 0.05) is 0 Å². The van der Waals surface area contributed by atoms with Crippen molar-refractivity contribution in [3.05, 3.63) is 29.3 Å². The zero-order valence-corrected chi connectivity index (χ0v) is 10.3. The Bertz CT molecular complexity index is 348. The standard InChI is InChI=1S/C8H11O3P.2ClH/c1-6-3-4-8(5-7(6)2)12(9,10)11;;/h3-5H,1-2H3,(H2,9,10,11);2*1H. The monoisotopic (exact) mass is 258 g/mol. The summed E-state index contributed by atoms with van der Waals surface area (Å²) in [5.41, 5.74) is 1.93. The molecule has 0 saturated heterocycles. The van der Waals surface area contributed by atoms with E-state index < -0.39 is 7.60 Å². The summed E-state index contributed by atoms with van der Waals surface area (Å²) in [5.74, 6) is 0. The number of hydrogen-bond acceptors (Lipinski definition) is 1. The van der Waals surface area contributed by atoms with Crippen molar-refractivity contribution in [2.45, 2.75) is 13.8 Å². The first-order chi connectivity index (χ1) is 5.41. The molecule has 0 unspecified atom stereocenters. The minimum Gasteiger partial charge on any atom is -0.321 e. The van der Waals surface area contributed by atoms with Gasteiger partial charge >= 0.3 is 7.60 Å². The highest BCUT2D eigenvalue weighted by molar-refractivity contribution is 7.60. The summed E-state index contributed by atoms with van der Waals surface area (Å²) in [6, 6.07) is 4.70. The second-order valence-corrected chi connectivity index (χ2v) is 4.42. The largest absolute Gasteiger partial charge is 0.356 e. The van der Waals surface area contributed by atoms with Crippen LogP contribution in [-0.4, -0.2) is 9.79 Å². The minimum atomic E-state index is -4.06. The molecule has 14 heavy (non-hydrogen) atoms. The van der Waals surface area contributed by atoms with E-state index in [1.165, 1.54) is 12.1 Å². The van der Waals surface area contributed by atoms with Crippen LogP contribution in [0, 0.1) is 13.8 Å². The second kappa shape index (κ2) is 5.74. The van der Waals surface area contributed by atoms with Crippen molar-refractivity contribution < 1.29 is 14.4 Å². The molecule has 1 aromatic carbocycles. The quantitative estimate of drug-likeness (QED) is 0.758. The molecule has 1 aromatic rings. The highest BCUT2D eigenvalue weighted by atomic mass is 35.5. The molecule has 0 amide bonds. The fourth-order valence-electron chi connectivity index (χ4n) is 0.907. The predicted octanol–water partition coefficient (Wildman–Crippen LogP) is 1.95. The zero-order valence-electron chi connectivity index (χ0n) is 7.80. The van der Waals surface area contributed by atoms with Gasteiger partial charge in [-0.1, -0.05) is 6.07 Å². The van der Waals surface area contributed by atoms with Gasteiger partial charge in [0.2, 0.25) is 0 Å². The minimum absolute atomic E-state index is 0. The smallest absolute Gasteiger partial charge is 0.321 e.